The fraction of sp³-hybridized carbons (Fsp3) is 0.917. The normalized spacial score (nSPS) is 27.5. The van der Waals surface area contributed by atoms with E-state index < -0.39 is 0 Å². The summed E-state index contributed by atoms with van der Waals surface area (Å²) in [7, 11) is 0. The highest BCUT2D eigenvalue weighted by molar-refractivity contribution is 5.84. The van der Waals surface area contributed by atoms with Crippen LogP contribution in [0, 0.1) is 0 Å². The molecule has 1 saturated heterocycles. The number of rotatable bonds is 6. The highest BCUT2D eigenvalue weighted by atomic mass is 16.5. The third-order valence-corrected chi connectivity index (χ3v) is 3.03. The Hall–Kier alpha value is -0.610. The highest BCUT2D eigenvalue weighted by Gasteiger charge is 2.38. The average Bonchev–Trinajstić information content (AvgIpc) is 2.52. The summed E-state index contributed by atoms with van der Waals surface area (Å²) in [5.74, 6) is 0.224. The highest BCUT2D eigenvalue weighted by Crippen LogP contribution is 2.17. The fourth-order valence-corrected chi connectivity index (χ4v) is 2.28. The Labute approximate surface area is 98.3 Å². The lowest BCUT2D eigenvalue weighted by Crippen LogP contribution is -2.43. The number of nitrogens with one attached hydrogen (secondary N) is 1. The first-order valence-corrected chi connectivity index (χ1v) is 6.27. The largest absolute Gasteiger partial charge is 0.380 e. The van der Waals surface area contributed by atoms with Gasteiger partial charge in [0.05, 0.1) is 24.9 Å². The van der Waals surface area contributed by atoms with Gasteiger partial charge in [-0.15, -0.1) is 0 Å². The molecule has 3 atom stereocenters. The van der Waals surface area contributed by atoms with Crippen molar-refractivity contribution in [1.29, 1.82) is 0 Å². The molecule has 3 unspecified atom stereocenters. The molecule has 4 nitrogen and oxygen atoms in total. The number of hydrogen-bond acceptors (Lipinski definition) is 3. The molecule has 0 spiro atoms. The quantitative estimate of drug-likeness (QED) is 0.746. The maximum atomic E-state index is 12.1. The van der Waals surface area contributed by atoms with Crippen LogP contribution < -0.4 is 5.32 Å². The van der Waals surface area contributed by atoms with E-state index in [9.17, 15) is 4.79 Å². The summed E-state index contributed by atoms with van der Waals surface area (Å²) in [5.41, 5.74) is 0. The summed E-state index contributed by atoms with van der Waals surface area (Å²) in [5, 5.41) is 3.33. The van der Waals surface area contributed by atoms with Crippen molar-refractivity contribution < 1.29 is 9.53 Å². The number of carbonyl (C=O) groups is 1. The van der Waals surface area contributed by atoms with Crippen LogP contribution in [0.3, 0.4) is 0 Å². The van der Waals surface area contributed by atoms with Crippen LogP contribution in [0.5, 0.6) is 0 Å². The van der Waals surface area contributed by atoms with E-state index in [2.05, 4.69) is 12.2 Å². The number of hydrogen-bond donors (Lipinski definition) is 1. The molecule has 1 heterocycles. The van der Waals surface area contributed by atoms with Gasteiger partial charge < -0.3 is 9.64 Å². The van der Waals surface area contributed by atoms with Gasteiger partial charge in [-0.05, 0) is 27.2 Å². The van der Waals surface area contributed by atoms with Gasteiger partial charge in [-0.2, -0.15) is 0 Å². The van der Waals surface area contributed by atoms with E-state index in [1.54, 1.807) is 0 Å². The molecule has 0 aromatic heterocycles. The summed E-state index contributed by atoms with van der Waals surface area (Å²) >= 11 is 0. The van der Waals surface area contributed by atoms with Gasteiger partial charge in [-0.1, -0.05) is 13.3 Å². The van der Waals surface area contributed by atoms with Crippen LogP contribution in [0.1, 0.15) is 40.5 Å². The minimum absolute atomic E-state index is 0.00377. The topological polar surface area (TPSA) is 41.6 Å². The maximum absolute atomic E-state index is 12.1. The molecule has 1 N–H and O–H groups in total. The average molecular weight is 228 g/mol. The zero-order valence-electron chi connectivity index (χ0n) is 10.8. The molecule has 4 heteroatoms. The first-order valence-electron chi connectivity index (χ1n) is 6.27. The van der Waals surface area contributed by atoms with Crippen LogP contribution in [0.15, 0.2) is 0 Å². The number of amides is 1. The third-order valence-electron chi connectivity index (χ3n) is 3.03. The zero-order chi connectivity index (χ0) is 12.1. The first-order chi connectivity index (χ1) is 7.61. The smallest absolute Gasteiger partial charge is 0.241 e. The van der Waals surface area contributed by atoms with Crippen LogP contribution in [-0.2, 0) is 9.53 Å². The van der Waals surface area contributed by atoms with E-state index in [4.69, 9.17) is 4.74 Å². The Bertz CT molecular complexity index is 233. The fourth-order valence-electron chi connectivity index (χ4n) is 2.28. The summed E-state index contributed by atoms with van der Waals surface area (Å²) in [6.07, 6.45) is 2.07. The van der Waals surface area contributed by atoms with Crippen molar-refractivity contribution >= 4 is 5.91 Å². The predicted molar refractivity (Wildman–Crippen MR) is 64.1 cm³/mol. The van der Waals surface area contributed by atoms with E-state index in [0.29, 0.717) is 13.2 Å². The Kier molecular flexibility index (Phi) is 5.22. The minimum atomic E-state index is 0.00377. The molecule has 0 radical (unpaired) electrons. The lowest BCUT2D eigenvalue weighted by Gasteiger charge is -2.27. The van der Waals surface area contributed by atoms with Gasteiger partial charge in [0.2, 0.25) is 5.91 Å². The van der Waals surface area contributed by atoms with Crippen LogP contribution in [0.2, 0.25) is 0 Å². The number of ether oxygens (including phenoxy) is 1. The SMILES string of the molecule is CCCC1NC(C)N(C(C)COCC)C1=O. The molecule has 1 fully saturated rings. The van der Waals surface area contributed by atoms with Crippen molar-refractivity contribution in [2.24, 2.45) is 0 Å². The second-order valence-corrected chi connectivity index (χ2v) is 4.44. The molecule has 1 aliphatic heterocycles. The van der Waals surface area contributed by atoms with Crippen molar-refractivity contribution in [2.45, 2.75) is 58.8 Å². The standard InChI is InChI=1S/C12H24N2O2/c1-5-7-11-12(15)14(10(4)13-11)9(3)8-16-6-2/h9-11,13H,5-8H2,1-4H3. The van der Waals surface area contributed by atoms with E-state index in [0.717, 1.165) is 12.8 Å². The molecule has 94 valence electrons. The van der Waals surface area contributed by atoms with Crippen LogP contribution in [-0.4, -0.2) is 42.3 Å². The number of nitrogens with zero attached hydrogens (tertiary/aromatic N) is 1. The van der Waals surface area contributed by atoms with Crippen molar-refractivity contribution in [1.82, 2.24) is 10.2 Å². The van der Waals surface area contributed by atoms with Gasteiger partial charge in [0, 0.05) is 6.61 Å². The third kappa shape index (κ3) is 2.95. The molecule has 1 aliphatic rings. The van der Waals surface area contributed by atoms with Crippen LogP contribution >= 0.6 is 0 Å². The Morgan fingerprint density at radius 3 is 2.75 bits per heavy atom. The molecule has 0 aromatic rings. The summed E-state index contributed by atoms with van der Waals surface area (Å²) in [6, 6.07) is 0.154. The van der Waals surface area contributed by atoms with Crippen LogP contribution in [0.25, 0.3) is 0 Å². The molecule has 1 amide bonds. The second-order valence-electron chi connectivity index (χ2n) is 4.44. The van der Waals surface area contributed by atoms with Gasteiger partial charge in [0.1, 0.15) is 0 Å². The molecular weight excluding hydrogens is 204 g/mol. The Morgan fingerprint density at radius 2 is 2.19 bits per heavy atom. The second kappa shape index (κ2) is 6.21. The lowest BCUT2D eigenvalue weighted by molar-refractivity contribution is -0.133. The van der Waals surface area contributed by atoms with Gasteiger partial charge in [-0.3, -0.25) is 10.1 Å². The van der Waals surface area contributed by atoms with Crippen molar-refractivity contribution in [2.75, 3.05) is 13.2 Å². The van der Waals surface area contributed by atoms with E-state index in [1.165, 1.54) is 0 Å². The predicted octanol–water partition coefficient (Wildman–Crippen LogP) is 1.36. The van der Waals surface area contributed by atoms with Gasteiger partial charge >= 0.3 is 0 Å². The van der Waals surface area contributed by atoms with Gasteiger partial charge in [0.25, 0.3) is 0 Å². The van der Waals surface area contributed by atoms with Crippen LogP contribution in [0.4, 0.5) is 0 Å². The molecule has 0 aliphatic carbocycles. The first kappa shape index (κ1) is 13.5. The zero-order valence-corrected chi connectivity index (χ0v) is 10.8. The Balaban J connectivity index is 2.55. The van der Waals surface area contributed by atoms with Crippen molar-refractivity contribution in [3.63, 3.8) is 0 Å². The molecule has 0 bridgehead atoms. The van der Waals surface area contributed by atoms with Crippen molar-refractivity contribution in [3.05, 3.63) is 0 Å². The van der Waals surface area contributed by atoms with Gasteiger partial charge in [-0.25, -0.2) is 0 Å². The van der Waals surface area contributed by atoms with E-state index in [1.807, 2.05) is 25.7 Å². The molecule has 0 aromatic carbocycles. The van der Waals surface area contributed by atoms with E-state index >= 15 is 0 Å². The monoisotopic (exact) mass is 228 g/mol. The van der Waals surface area contributed by atoms with Gasteiger partial charge in [0.15, 0.2) is 0 Å². The molecule has 1 rings (SSSR count). The Morgan fingerprint density at radius 1 is 1.50 bits per heavy atom. The molecular formula is C12H24N2O2. The molecule has 16 heavy (non-hydrogen) atoms. The number of carbonyl (C=O) groups excluding carboxylic acids is 1. The summed E-state index contributed by atoms with van der Waals surface area (Å²) in [4.78, 5) is 14.0. The molecule has 0 saturated carbocycles. The summed E-state index contributed by atoms with van der Waals surface area (Å²) < 4.78 is 5.38. The summed E-state index contributed by atoms with van der Waals surface area (Å²) in [6.45, 7) is 9.47. The lowest BCUT2D eigenvalue weighted by atomic mass is 10.1. The maximum Gasteiger partial charge on any atom is 0.241 e. The van der Waals surface area contributed by atoms with E-state index in [-0.39, 0.29) is 24.2 Å². The van der Waals surface area contributed by atoms with Crippen molar-refractivity contribution in [3.8, 4) is 0 Å². The minimum Gasteiger partial charge on any atom is -0.380 e.